The van der Waals surface area contributed by atoms with Crippen molar-refractivity contribution in [3.05, 3.63) is 42.5 Å². The summed E-state index contributed by atoms with van der Waals surface area (Å²) in [6, 6.07) is 9.84. The summed E-state index contributed by atoms with van der Waals surface area (Å²) in [6.45, 7) is 20.9. The first-order valence-corrected chi connectivity index (χ1v) is 17.9. The highest BCUT2D eigenvalue weighted by molar-refractivity contribution is 6.81. The number of carbonyl (C=O) groups is 1. The van der Waals surface area contributed by atoms with Gasteiger partial charge in [-0.1, -0.05) is 38.1 Å². The predicted molar refractivity (Wildman–Crippen MR) is 122 cm³/mol. The second-order valence-corrected chi connectivity index (χ2v) is 20.2. The molecule has 27 heavy (non-hydrogen) atoms. The second-order valence-electron chi connectivity index (χ2n) is 8.84. The summed E-state index contributed by atoms with van der Waals surface area (Å²) in [5, 5.41) is 0. The van der Waals surface area contributed by atoms with Crippen LogP contribution in [0.5, 0.6) is 0 Å². The molecular formula is C20H36NO3Si3. The van der Waals surface area contributed by atoms with Crippen molar-refractivity contribution in [2.75, 3.05) is 4.90 Å². The van der Waals surface area contributed by atoms with Crippen molar-refractivity contribution in [2.45, 2.75) is 71.6 Å². The fourth-order valence-electron chi connectivity index (χ4n) is 2.62. The molecule has 0 aromatic heterocycles. The average Bonchev–Trinajstić information content (AvgIpc) is 2.51. The number of nitrogens with zero attached hydrogens (tertiary/aromatic N) is 1. The van der Waals surface area contributed by atoms with E-state index in [0.717, 1.165) is 18.5 Å². The topological polar surface area (TPSA) is 38.8 Å². The Morgan fingerprint density at radius 1 is 1.07 bits per heavy atom. The van der Waals surface area contributed by atoms with E-state index in [4.69, 9.17) is 8.23 Å². The van der Waals surface area contributed by atoms with Crippen LogP contribution >= 0.6 is 0 Å². The summed E-state index contributed by atoms with van der Waals surface area (Å²) in [4.78, 5) is 15.0. The number of hydrogen-bond acceptors (Lipinski definition) is 3. The van der Waals surface area contributed by atoms with Crippen molar-refractivity contribution in [1.29, 1.82) is 0 Å². The fraction of sp³-hybridized carbons (Fsp3) is 0.550. The number of rotatable bonds is 10. The van der Waals surface area contributed by atoms with E-state index in [1.165, 1.54) is 0 Å². The molecule has 0 aliphatic carbocycles. The molecule has 1 radical (unpaired) electrons. The van der Waals surface area contributed by atoms with Gasteiger partial charge in [-0.25, -0.2) is 0 Å². The van der Waals surface area contributed by atoms with Gasteiger partial charge in [-0.05, 0) is 64.8 Å². The first kappa shape index (κ1) is 24.0. The van der Waals surface area contributed by atoms with E-state index < -0.39 is 25.9 Å². The van der Waals surface area contributed by atoms with Crippen LogP contribution in [0.25, 0.3) is 0 Å². The molecule has 0 bridgehead atoms. The Morgan fingerprint density at radius 2 is 1.56 bits per heavy atom. The van der Waals surface area contributed by atoms with Crippen LogP contribution in [0.3, 0.4) is 0 Å². The highest BCUT2D eigenvalue weighted by Gasteiger charge is 2.41. The molecule has 4 nitrogen and oxygen atoms in total. The minimum absolute atomic E-state index is 0.0551. The van der Waals surface area contributed by atoms with Gasteiger partial charge in [0.2, 0.25) is 0 Å². The number of hydrogen-bond donors (Lipinski definition) is 0. The number of carbonyl (C=O) groups excluding carboxylic acids is 1. The summed E-state index contributed by atoms with van der Waals surface area (Å²) in [6.07, 6.45) is 1.80. The molecule has 0 saturated heterocycles. The van der Waals surface area contributed by atoms with E-state index in [2.05, 4.69) is 52.8 Å². The Balaban J connectivity index is 3.45. The summed E-state index contributed by atoms with van der Waals surface area (Å²) < 4.78 is 13.2. The van der Waals surface area contributed by atoms with E-state index in [1.807, 2.05) is 35.2 Å². The van der Waals surface area contributed by atoms with Crippen molar-refractivity contribution in [3.8, 4) is 0 Å². The molecule has 1 aromatic carbocycles. The van der Waals surface area contributed by atoms with Gasteiger partial charge in [-0.15, -0.1) is 0 Å². The quantitative estimate of drug-likeness (QED) is 0.369. The predicted octanol–water partition coefficient (Wildman–Crippen LogP) is 5.49. The molecule has 1 aromatic rings. The van der Waals surface area contributed by atoms with Crippen molar-refractivity contribution in [3.63, 3.8) is 0 Å². The molecule has 1 unspecified atom stereocenters. The van der Waals surface area contributed by atoms with Crippen LogP contribution in [-0.2, 0) is 13.0 Å². The van der Waals surface area contributed by atoms with Crippen LogP contribution in [0.2, 0.25) is 39.3 Å². The molecule has 0 spiro atoms. The van der Waals surface area contributed by atoms with Crippen molar-refractivity contribution >= 4 is 37.5 Å². The normalized spacial score (nSPS) is 13.5. The number of para-hydroxylation sites is 1. The lowest BCUT2D eigenvalue weighted by Gasteiger charge is -2.39. The highest BCUT2D eigenvalue weighted by atomic mass is 28.4. The van der Waals surface area contributed by atoms with Crippen LogP contribution in [-0.4, -0.2) is 37.5 Å². The van der Waals surface area contributed by atoms with Crippen molar-refractivity contribution in [2.24, 2.45) is 0 Å². The molecule has 1 amide bonds. The van der Waals surface area contributed by atoms with Gasteiger partial charge in [-0.2, -0.15) is 0 Å². The maximum Gasteiger partial charge on any atom is 0.388 e. The first-order chi connectivity index (χ1) is 12.4. The third-order valence-electron chi connectivity index (χ3n) is 3.58. The summed E-state index contributed by atoms with van der Waals surface area (Å²) in [7, 11) is -5.37. The Labute approximate surface area is 169 Å². The molecule has 1 rings (SSSR count). The third-order valence-corrected chi connectivity index (χ3v) is 11.2. The number of amides is 1. The van der Waals surface area contributed by atoms with Crippen LogP contribution in [0.1, 0.15) is 26.7 Å². The summed E-state index contributed by atoms with van der Waals surface area (Å²) in [5.74, 6) is -0.0551. The van der Waals surface area contributed by atoms with Gasteiger partial charge in [0.25, 0.3) is 5.91 Å². The van der Waals surface area contributed by atoms with E-state index in [0.29, 0.717) is 5.57 Å². The molecule has 1 atom stereocenters. The fourth-order valence-corrected chi connectivity index (χ4v) is 10.1. The minimum Gasteiger partial charge on any atom is -0.434 e. The maximum absolute atomic E-state index is 13.1. The molecule has 7 heteroatoms. The third kappa shape index (κ3) is 8.27. The van der Waals surface area contributed by atoms with Gasteiger partial charge in [0, 0.05) is 11.3 Å². The smallest absolute Gasteiger partial charge is 0.388 e. The molecule has 151 valence electrons. The zero-order chi connectivity index (χ0) is 20.8. The van der Waals surface area contributed by atoms with Crippen LogP contribution in [0.15, 0.2) is 42.5 Å². The van der Waals surface area contributed by atoms with E-state index in [9.17, 15) is 4.79 Å². The second kappa shape index (κ2) is 9.97. The summed E-state index contributed by atoms with van der Waals surface area (Å²) >= 11 is 0. The van der Waals surface area contributed by atoms with Crippen LogP contribution in [0.4, 0.5) is 5.69 Å². The lowest BCUT2D eigenvalue weighted by Crippen LogP contribution is -2.58. The minimum atomic E-state index is -1.84. The highest BCUT2D eigenvalue weighted by Crippen LogP contribution is 2.26. The van der Waals surface area contributed by atoms with E-state index in [1.54, 1.807) is 6.92 Å². The van der Waals surface area contributed by atoms with Gasteiger partial charge in [0.1, 0.15) is 0 Å². The largest absolute Gasteiger partial charge is 0.434 e. The Hall–Kier alpha value is -0.999. The lowest BCUT2D eigenvalue weighted by atomic mass is 10.2. The van der Waals surface area contributed by atoms with E-state index in [-0.39, 0.29) is 11.6 Å². The Morgan fingerprint density at radius 3 is 1.93 bits per heavy atom. The van der Waals surface area contributed by atoms with Crippen molar-refractivity contribution in [1.82, 2.24) is 0 Å². The van der Waals surface area contributed by atoms with Crippen LogP contribution in [0, 0.1) is 0 Å². The van der Waals surface area contributed by atoms with Gasteiger partial charge >= 0.3 is 9.28 Å². The monoisotopic (exact) mass is 422 g/mol. The lowest BCUT2D eigenvalue weighted by molar-refractivity contribution is -0.115. The standard InChI is InChI=1S/C20H36NO3Si3/c1-10-14-19(25(23-26(4,5)6)24-27(7,8)9)21(20(22)17(2)3)18-15-12-11-13-16-18/h11-13,15-16,19H,2,10,14H2,1,3-9H3. The van der Waals surface area contributed by atoms with E-state index >= 15 is 0 Å². The average molecular weight is 423 g/mol. The number of anilines is 1. The number of benzene rings is 1. The molecule has 0 N–H and O–H groups in total. The molecule has 0 heterocycles. The zero-order valence-corrected chi connectivity index (χ0v) is 21.3. The zero-order valence-electron chi connectivity index (χ0n) is 18.3. The van der Waals surface area contributed by atoms with Gasteiger partial charge in [0.15, 0.2) is 16.6 Å². The van der Waals surface area contributed by atoms with Gasteiger partial charge < -0.3 is 13.1 Å². The van der Waals surface area contributed by atoms with Crippen LogP contribution < -0.4 is 4.90 Å². The van der Waals surface area contributed by atoms with Gasteiger partial charge in [-0.3, -0.25) is 4.79 Å². The summed E-state index contributed by atoms with van der Waals surface area (Å²) in [5.41, 5.74) is 1.32. The Bertz CT molecular complexity index is 608. The molecule has 0 aliphatic rings. The Kier molecular flexibility index (Phi) is 8.88. The molecular weight excluding hydrogens is 386 g/mol. The van der Waals surface area contributed by atoms with Crippen molar-refractivity contribution < 1.29 is 13.0 Å². The van der Waals surface area contributed by atoms with Gasteiger partial charge in [0.05, 0.1) is 5.67 Å². The first-order valence-electron chi connectivity index (χ1n) is 9.64. The molecule has 0 saturated carbocycles. The molecule has 0 fully saturated rings. The SMILES string of the molecule is C=C(C)C(=O)N(c1ccccc1)C(CCC)[Si](O[Si](C)(C)C)O[Si](C)(C)C. The molecule has 0 aliphatic heterocycles. The maximum atomic E-state index is 13.1.